The first-order valence-electron chi connectivity index (χ1n) is 7.24. The van der Waals surface area contributed by atoms with Crippen molar-refractivity contribution in [2.45, 2.75) is 45.1 Å². The van der Waals surface area contributed by atoms with Gasteiger partial charge in [0.15, 0.2) is 0 Å². The van der Waals surface area contributed by atoms with Gasteiger partial charge in [0.05, 0.1) is 13.7 Å². The molecule has 0 spiro atoms. The van der Waals surface area contributed by atoms with Gasteiger partial charge >= 0.3 is 5.97 Å². The molecule has 0 radical (unpaired) electrons. The Kier molecular flexibility index (Phi) is 5.01. The Morgan fingerprint density at radius 3 is 2.90 bits per heavy atom. The molecule has 1 atom stereocenters. The minimum atomic E-state index is -0.123. The summed E-state index contributed by atoms with van der Waals surface area (Å²) in [5.74, 6) is 0.809. The lowest BCUT2D eigenvalue weighted by molar-refractivity contribution is -0.143. The number of benzene rings is 1. The Hall–Kier alpha value is -1.55. The van der Waals surface area contributed by atoms with Crippen LogP contribution in [0.1, 0.15) is 36.5 Å². The van der Waals surface area contributed by atoms with Crippen LogP contribution in [0.2, 0.25) is 0 Å². The maximum atomic E-state index is 11.3. The maximum absolute atomic E-state index is 11.3. The monoisotopic (exact) mass is 277 g/mol. The molecule has 1 aliphatic rings. The van der Waals surface area contributed by atoms with Gasteiger partial charge in [-0.1, -0.05) is 6.07 Å². The highest BCUT2D eigenvalue weighted by Gasteiger charge is 2.22. The third kappa shape index (κ3) is 3.51. The molecule has 0 aliphatic heterocycles. The van der Waals surface area contributed by atoms with Gasteiger partial charge in [-0.2, -0.15) is 0 Å². The number of rotatable bonds is 6. The third-order valence-corrected chi connectivity index (χ3v) is 3.68. The summed E-state index contributed by atoms with van der Waals surface area (Å²) in [7, 11) is 1.70. The van der Waals surface area contributed by atoms with E-state index in [0.29, 0.717) is 13.0 Å². The van der Waals surface area contributed by atoms with E-state index >= 15 is 0 Å². The van der Waals surface area contributed by atoms with Gasteiger partial charge in [0.2, 0.25) is 0 Å². The van der Waals surface area contributed by atoms with Gasteiger partial charge in [0, 0.05) is 12.5 Å². The van der Waals surface area contributed by atoms with E-state index in [1.54, 1.807) is 7.11 Å². The van der Waals surface area contributed by atoms with E-state index in [4.69, 9.17) is 15.2 Å². The zero-order valence-corrected chi connectivity index (χ0v) is 12.3. The lowest BCUT2D eigenvalue weighted by Crippen LogP contribution is -2.19. The number of methoxy groups -OCH3 is 1. The second-order valence-electron chi connectivity index (χ2n) is 5.26. The van der Waals surface area contributed by atoms with Gasteiger partial charge in [-0.15, -0.1) is 0 Å². The van der Waals surface area contributed by atoms with Crippen LogP contribution in [-0.2, 0) is 28.8 Å². The van der Waals surface area contributed by atoms with Crippen molar-refractivity contribution >= 4 is 5.97 Å². The smallest absolute Gasteiger partial charge is 0.305 e. The van der Waals surface area contributed by atoms with E-state index in [-0.39, 0.29) is 12.0 Å². The summed E-state index contributed by atoms with van der Waals surface area (Å²) in [4.78, 5) is 11.3. The highest BCUT2D eigenvalue weighted by Crippen LogP contribution is 2.32. The predicted molar refractivity (Wildman–Crippen MR) is 77.9 cm³/mol. The molecule has 4 heteroatoms. The number of nitrogens with two attached hydrogens (primary N) is 1. The van der Waals surface area contributed by atoms with Crippen LogP contribution in [-0.4, -0.2) is 25.7 Å². The van der Waals surface area contributed by atoms with E-state index in [1.807, 2.05) is 6.92 Å². The molecule has 0 aromatic heterocycles. The predicted octanol–water partition coefficient (Wildman–Crippen LogP) is 2.01. The Labute approximate surface area is 120 Å². The van der Waals surface area contributed by atoms with E-state index in [2.05, 4.69) is 12.1 Å². The summed E-state index contributed by atoms with van der Waals surface area (Å²) in [6.07, 6.45) is 3.93. The molecule has 1 unspecified atom stereocenters. The zero-order valence-electron chi connectivity index (χ0n) is 12.3. The number of carbonyl (C=O) groups excluding carboxylic acids is 1. The lowest BCUT2D eigenvalue weighted by Gasteiger charge is -2.10. The van der Waals surface area contributed by atoms with Crippen molar-refractivity contribution in [1.82, 2.24) is 0 Å². The Morgan fingerprint density at radius 1 is 1.40 bits per heavy atom. The van der Waals surface area contributed by atoms with E-state index in [0.717, 1.165) is 31.4 Å². The normalized spacial score (nSPS) is 16.9. The van der Waals surface area contributed by atoms with Crippen LogP contribution in [0, 0.1) is 0 Å². The lowest BCUT2D eigenvalue weighted by atomic mass is 10.0. The highest BCUT2D eigenvalue weighted by molar-refractivity contribution is 5.69. The van der Waals surface area contributed by atoms with Crippen LogP contribution in [0.3, 0.4) is 0 Å². The average molecular weight is 277 g/mol. The van der Waals surface area contributed by atoms with Crippen LogP contribution in [0.4, 0.5) is 0 Å². The summed E-state index contributed by atoms with van der Waals surface area (Å²) < 4.78 is 10.4. The standard InChI is InChI=1S/C16H23NO3/c1-3-20-16(18)6-4-5-11-7-12-9-13(17)10-14(12)15(8-11)19-2/h7-8,13H,3-6,9-10,17H2,1-2H3. The fourth-order valence-corrected chi connectivity index (χ4v) is 2.79. The molecule has 110 valence electrons. The van der Waals surface area contributed by atoms with Gasteiger partial charge in [0.25, 0.3) is 0 Å². The number of esters is 1. The molecule has 2 N–H and O–H groups in total. The first-order valence-corrected chi connectivity index (χ1v) is 7.24. The quantitative estimate of drug-likeness (QED) is 0.808. The van der Waals surface area contributed by atoms with Crippen LogP contribution < -0.4 is 10.5 Å². The first-order chi connectivity index (χ1) is 9.63. The summed E-state index contributed by atoms with van der Waals surface area (Å²) in [6, 6.07) is 4.48. The van der Waals surface area contributed by atoms with Crippen LogP contribution in [0.25, 0.3) is 0 Å². The van der Waals surface area contributed by atoms with E-state index in [9.17, 15) is 4.79 Å². The number of carbonyl (C=O) groups is 1. The Morgan fingerprint density at radius 2 is 2.20 bits per heavy atom. The minimum Gasteiger partial charge on any atom is -0.496 e. The van der Waals surface area contributed by atoms with Crippen molar-refractivity contribution in [2.75, 3.05) is 13.7 Å². The van der Waals surface area contributed by atoms with Crippen molar-refractivity contribution in [3.8, 4) is 5.75 Å². The van der Waals surface area contributed by atoms with Crippen molar-refractivity contribution in [3.05, 3.63) is 28.8 Å². The molecular weight excluding hydrogens is 254 g/mol. The van der Waals surface area contributed by atoms with Gasteiger partial charge in [-0.05, 0) is 55.4 Å². The summed E-state index contributed by atoms with van der Waals surface area (Å²) in [6.45, 7) is 2.27. The summed E-state index contributed by atoms with van der Waals surface area (Å²) >= 11 is 0. The van der Waals surface area contributed by atoms with Crippen LogP contribution in [0.5, 0.6) is 5.75 Å². The fraction of sp³-hybridized carbons (Fsp3) is 0.562. The average Bonchev–Trinajstić information content (AvgIpc) is 2.78. The molecule has 1 aromatic carbocycles. The Balaban J connectivity index is 1.99. The molecule has 0 saturated carbocycles. The molecule has 0 saturated heterocycles. The minimum absolute atomic E-state index is 0.123. The van der Waals surface area contributed by atoms with Crippen molar-refractivity contribution < 1.29 is 14.3 Å². The second-order valence-corrected chi connectivity index (χ2v) is 5.26. The number of aryl methyl sites for hydroxylation is 1. The number of hydrogen-bond donors (Lipinski definition) is 1. The number of ether oxygens (including phenoxy) is 2. The van der Waals surface area contributed by atoms with Gasteiger partial charge in [-0.3, -0.25) is 4.79 Å². The molecule has 4 nitrogen and oxygen atoms in total. The largest absolute Gasteiger partial charge is 0.496 e. The first kappa shape index (κ1) is 14.9. The van der Waals surface area contributed by atoms with Gasteiger partial charge in [-0.25, -0.2) is 0 Å². The molecule has 2 rings (SSSR count). The topological polar surface area (TPSA) is 61.5 Å². The molecule has 20 heavy (non-hydrogen) atoms. The zero-order chi connectivity index (χ0) is 14.5. The van der Waals surface area contributed by atoms with E-state index in [1.165, 1.54) is 16.7 Å². The third-order valence-electron chi connectivity index (χ3n) is 3.68. The maximum Gasteiger partial charge on any atom is 0.305 e. The van der Waals surface area contributed by atoms with Crippen molar-refractivity contribution in [1.29, 1.82) is 0 Å². The van der Waals surface area contributed by atoms with Crippen LogP contribution >= 0.6 is 0 Å². The Bertz CT molecular complexity index is 485. The summed E-state index contributed by atoms with van der Waals surface area (Å²) in [5, 5.41) is 0. The van der Waals surface area contributed by atoms with Crippen molar-refractivity contribution in [3.63, 3.8) is 0 Å². The molecule has 0 heterocycles. The molecule has 0 fully saturated rings. The molecule has 0 amide bonds. The molecule has 1 aromatic rings. The number of fused-ring (bicyclic) bond motifs is 1. The SMILES string of the molecule is CCOC(=O)CCCc1cc2c(c(OC)c1)CC(N)C2. The highest BCUT2D eigenvalue weighted by atomic mass is 16.5. The van der Waals surface area contributed by atoms with Gasteiger partial charge in [0.1, 0.15) is 5.75 Å². The molecular formula is C16H23NO3. The fourth-order valence-electron chi connectivity index (χ4n) is 2.79. The van der Waals surface area contributed by atoms with Crippen molar-refractivity contribution in [2.24, 2.45) is 5.73 Å². The number of hydrogen-bond acceptors (Lipinski definition) is 4. The van der Waals surface area contributed by atoms with Gasteiger partial charge < -0.3 is 15.2 Å². The second kappa shape index (κ2) is 6.75. The summed E-state index contributed by atoms with van der Waals surface area (Å²) in [5.41, 5.74) is 9.76. The molecule has 0 bridgehead atoms. The van der Waals surface area contributed by atoms with Crippen LogP contribution in [0.15, 0.2) is 12.1 Å². The van der Waals surface area contributed by atoms with E-state index < -0.39 is 0 Å². The molecule has 1 aliphatic carbocycles.